The van der Waals surface area contributed by atoms with Crippen LogP contribution >= 0.6 is 11.8 Å². The van der Waals surface area contributed by atoms with Gasteiger partial charge in [0.2, 0.25) is 0 Å². The number of nitrogens with zero attached hydrogens (tertiary/aromatic N) is 3. The lowest BCUT2D eigenvalue weighted by atomic mass is 9.98. The maximum Gasteiger partial charge on any atom is 0.280 e. The zero-order valence-corrected chi connectivity index (χ0v) is 20.9. The molecule has 3 aromatic rings. The first kappa shape index (κ1) is 25.1. The number of aromatic nitrogens is 3. The van der Waals surface area contributed by atoms with Crippen LogP contribution in [0.3, 0.4) is 0 Å². The monoisotopic (exact) mass is 522 g/mol. The van der Waals surface area contributed by atoms with Gasteiger partial charge in [-0.05, 0) is 44.0 Å². The van der Waals surface area contributed by atoms with Gasteiger partial charge in [-0.25, -0.2) is 19.6 Å². The summed E-state index contributed by atoms with van der Waals surface area (Å²) in [6, 6.07) is 8.38. The second-order valence-corrected chi connectivity index (χ2v) is 9.83. The molecule has 11 heteroatoms. The molecule has 37 heavy (non-hydrogen) atoms. The number of hydrogen-bond donors (Lipinski definition) is 3. The number of pyridine rings is 3. The fourth-order valence-electron chi connectivity index (χ4n) is 3.75. The Morgan fingerprint density at radius 1 is 1.14 bits per heavy atom. The SMILES string of the molecule is COc1cnc(C(F)F)cc1-c1cc(-c2cccc(C)n2)ncc1C(=O)NC1NNC(C#CC2CC2)S1. The van der Waals surface area contributed by atoms with Crippen molar-refractivity contribution in [3.05, 3.63) is 59.7 Å². The van der Waals surface area contributed by atoms with E-state index in [4.69, 9.17) is 4.74 Å². The normalized spacial score (nSPS) is 18.8. The molecule has 3 aromatic heterocycles. The molecule has 8 nitrogen and oxygen atoms in total. The van der Waals surface area contributed by atoms with Crippen LogP contribution in [-0.4, -0.2) is 38.8 Å². The van der Waals surface area contributed by atoms with Gasteiger partial charge in [-0.15, -0.1) is 0 Å². The third-order valence-corrected chi connectivity index (χ3v) is 6.81. The van der Waals surface area contributed by atoms with Crippen molar-refractivity contribution in [1.82, 2.24) is 31.1 Å². The molecule has 5 rings (SSSR count). The minimum atomic E-state index is -2.79. The Hall–Kier alpha value is -3.59. The highest BCUT2D eigenvalue weighted by Crippen LogP contribution is 2.36. The summed E-state index contributed by atoms with van der Waals surface area (Å²) in [5.74, 6) is 6.65. The molecule has 1 saturated heterocycles. The first-order valence-electron chi connectivity index (χ1n) is 11.7. The van der Waals surface area contributed by atoms with Crippen LogP contribution in [0.15, 0.2) is 42.7 Å². The summed E-state index contributed by atoms with van der Waals surface area (Å²) in [7, 11) is 1.42. The fraction of sp³-hybridized carbons (Fsp3) is 0.308. The van der Waals surface area contributed by atoms with Crippen LogP contribution in [0.25, 0.3) is 22.5 Å². The number of rotatable bonds is 6. The lowest BCUT2D eigenvalue weighted by Gasteiger charge is -2.17. The number of carbonyl (C=O) groups is 1. The van der Waals surface area contributed by atoms with Gasteiger partial charge in [0.1, 0.15) is 22.3 Å². The lowest BCUT2D eigenvalue weighted by Crippen LogP contribution is -2.43. The number of amides is 1. The zero-order chi connectivity index (χ0) is 25.9. The third-order valence-electron chi connectivity index (χ3n) is 5.80. The van der Waals surface area contributed by atoms with Crippen molar-refractivity contribution in [3.8, 4) is 40.1 Å². The molecule has 2 unspecified atom stereocenters. The van der Waals surface area contributed by atoms with Crippen molar-refractivity contribution < 1.29 is 18.3 Å². The molecule has 1 saturated carbocycles. The standard InChI is InChI=1S/C26H24F2N6O2S/c1-14-4-3-5-19(31-14)20-10-16(17-11-21(24(27)28)30-13-22(17)36-2)18(12-29-20)25(35)32-26-34-33-23(37-26)9-8-15-6-7-15/h3-5,10-13,15,23-24,26,33-34H,6-7H2,1-2H3,(H,32,35). The van der Waals surface area contributed by atoms with Crippen molar-refractivity contribution in [2.24, 2.45) is 5.92 Å². The van der Waals surface area contributed by atoms with Crippen molar-refractivity contribution in [2.45, 2.75) is 37.1 Å². The summed E-state index contributed by atoms with van der Waals surface area (Å²) in [6.45, 7) is 1.86. The number of aryl methyl sites for hydroxylation is 1. The van der Waals surface area contributed by atoms with Crippen LogP contribution in [-0.2, 0) is 0 Å². The predicted octanol–water partition coefficient (Wildman–Crippen LogP) is 4.05. The zero-order valence-electron chi connectivity index (χ0n) is 20.1. The summed E-state index contributed by atoms with van der Waals surface area (Å²) in [5, 5.41) is 2.74. The van der Waals surface area contributed by atoms with Gasteiger partial charge in [-0.3, -0.25) is 19.7 Å². The lowest BCUT2D eigenvalue weighted by molar-refractivity contribution is 0.0945. The van der Waals surface area contributed by atoms with Crippen molar-refractivity contribution >= 4 is 17.7 Å². The van der Waals surface area contributed by atoms with Gasteiger partial charge in [0, 0.05) is 28.9 Å². The first-order chi connectivity index (χ1) is 17.9. The van der Waals surface area contributed by atoms with E-state index in [1.807, 2.05) is 19.1 Å². The highest BCUT2D eigenvalue weighted by molar-refractivity contribution is 8.00. The Morgan fingerprint density at radius 2 is 1.97 bits per heavy atom. The minimum absolute atomic E-state index is 0.160. The quantitative estimate of drug-likeness (QED) is 0.417. The van der Waals surface area contributed by atoms with E-state index < -0.39 is 23.5 Å². The van der Waals surface area contributed by atoms with Gasteiger partial charge in [-0.2, -0.15) is 0 Å². The molecule has 2 atom stereocenters. The number of nitrogens with one attached hydrogen (secondary N) is 3. The molecular weight excluding hydrogens is 498 g/mol. The molecule has 0 bridgehead atoms. The fourth-order valence-corrected chi connectivity index (χ4v) is 4.61. The van der Waals surface area contributed by atoms with E-state index in [9.17, 15) is 13.6 Å². The van der Waals surface area contributed by atoms with E-state index in [1.54, 1.807) is 12.1 Å². The van der Waals surface area contributed by atoms with Gasteiger partial charge < -0.3 is 10.1 Å². The number of ether oxygens (including phenoxy) is 1. The summed E-state index contributed by atoms with van der Waals surface area (Å²) in [5.41, 5.74) is 7.91. The van der Waals surface area contributed by atoms with Crippen LogP contribution in [0, 0.1) is 24.7 Å². The Labute approximate surface area is 217 Å². The number of halogens is 2. The molecule has 4 heterocycles. The third kappa shape index (κ3) is 5.88. The summed E-state index contributed by atoms with van der Waals surface area (Å²) in [6.07, 6.45) is 2.12. The average Bonchev–Trinajstić information content (AvgIpc) is 3.64. The van der Waals surface area contributed by atoms with Gasteiger partial charge in [0.25, 0.3) is 12.3 Å². The number of thioether (sulfide) groups is 1. The smallest absolute Gasteiger partial charge is 0.280 e. The molecule has 1 aliphatic heterocycles. The van der Waals surface area contributed by atoms with Crippen molar-refractivity contribution in [3.63, 3.8) is 0 Å². The van der Waals surface area contributed by atoms with E-state index in [2.05, 4.69) is 43.0 Å². The molecule has 0 spiro atoms. The maximum absolute atomic E-state index is 13.5. The average molecular weight is 523 g/mol. The van der Waals surface area contributed by atoms with Crippen LogP contribution < -0.4 is 20.9 Å². The van der Waals surface area contributed by atoms with Crippen LogP contribution in [0.2, 0.25) is 0 Å². The Kier molecular flexibility index (Phi) is 7.32. The van der Waals surface area contributed by atoms with Gasteiger partial charge in [0.15, 0.2) is 0 Å². The molecule has 1 aliphatic carbocycles. The Balaban J connectivity index is 1.50. The van der Waals surface area contributed by atoms with E-state index >= 15 is 0 Å². The molecular formula is C26H24F2N6O2S. The van der Waals surface area contributed by atoms with Crippen LogP contribution in [0.1, 0.15) is 41.0 Å². The van der Waals surface area contributed by atoms with Crippen molar-refractivity contribution in [2.75, 3.05) is 7.11 Å². The Bertz CT molecular complexity index is 1390. The maximum atomic E-state index is 13.5. The second kappa shape index (κ2) is 10.8. The molecule has 1 amide bonds. The van der Waals surface area contributed by atoms with Crippen molar-refractivity contribution in [1.29, 1.82) is 0 Å². The molecule has 0 radical (unpaired) electrons. The van der Waals surface area contributed by atoms with Crippen LogP contribution in [0.5, 0.6) is 5.75 Å². The van der Waals surface area contributed by atoms with Gasteiger partial charge >= 0.3 is 0 Å². The number of carbonyl (C=O) groups excluding carboxylic acids is 1. The van der Waals surface area contributed by atoms with Crippen LogP contribution in [0.4, 0.5) is 8.78 Å². The molecule has 2 fully saturated rings. The number of methoxy groups -OCH3 is 1. The van der Waals surface area contributed by atoms with E-state index in [0.717, 1.165) is 18.5 Å². The van der Waals surface area contributed by atoms with E-state index in [0.29, 0.717) is 28.4 Å². The summed E-state index contributed by atoms with van der Waals surface area (Å²) in [4.78, 5) is 26.2. The number of hydrogen-bond acceptors (Lipinski definition) is 8. The largest absolute Gasteiger partial charge is 0.494 e. The number of alkyl halides is 2. The highest BCUT2D eigenvalue weighted by atomic mass is 32.2. The van der Waals surface area contributed by atoms with Gasteiger partial charge in [0.05, 0.1) is 30.3 Å². The predicted molar refractivity (Wildman–Crippen MR) is 136 cm³/mol. The molecule has 3 N–H and O–H groups in total. The second-order valence-electron chi connectivity index (χ2n) is 8.61. The Morgan fingerprint density at radius 3 is 2.70 bits per heavy atom. The van der Waals surface area contributed by atoms with Gasteiger partial charge in [-0.1, -0.05) is 29.7 Å². The van der Waals surface area contributed by atoms with E-state index in [1.165, 1.54) is 37.3 Å². The van der Waals surface area contributed by atoms with E-state index in [-0.39, 0.29) is 16.7 Å². The highest BCUT2D eigenvalue weighted by Gasteiger charge is 2.28. The first-order valence-corrected chi connectivity index (χ1v) is 12.6. The number of hydrazine groups is 1. The molecule has 2 aliphatic rings. The minimum Gasteiger partial charge on any atom is -0.494 e. The molecule has 190 valence electrons. The topological polar surface area (TPSA) is 101 Å². The summed E-state index contributed by atoms with van der Waals surface area (Å²) < 4.78 is 32.5. The molecule has 0 aromatic carbocycles. The summed E-state index contributed by atoms with van der Waals surface area (Å²) >= 11 is 1.43.